The summed E-state index contributed by atoms with van der Waals surface area (Å²) in [6.07, 6.45) is 79.9. The van der Waals surface area contributed by atoms with Gasteiger partial charge in [0.15, 0.2) is 0 Å². The van der Waals surface area contributed by atoms with E-state index < -0.39 is 20.2 Å². The topological polar surface area (TPSA) is 114 Å². The fraction of sp³-hybridized carbons (Fsp3) is 0.762. The van der Waals surface area contributed by atoms with E-state index in [0.29, 0.717) is 0 Å². The second-order valence-corrected chi connectivity index (χ2v) is 31.3. The number of hydrogen-bond acceptors (Lipinski definition) is 6. The van der Waals surface area contributed by atoms with Gasteiger partial charge in [-0.3, -0.25) is 0 Å². The molecule has 0 heterocycles. The van der Waals surface area contributed by atoms with Gasteiger partial charge in [-0.25, -0.2) is 16.8 Å². The molecule has 0 unspecified atom stereocenters. The minimum atomic E-state index is -4.46. The van der Waals surface area contributed by atoms with Crippen LogP contribution in [0.2, 0.25) is 0 Å². The predicted molar refractivity (Wildman–Crippen MR) is 406 cm³/mol. The molecular weight excluding hydrogens is 1310 g/mol. The molecule has 0 fully saturated rings. The molecule has 6 nitrogen and oxygen atoms in total. The van der Waals surface area contributed by atoms with Gasteiger partial charge in [0.1, 0.15) is 20.2 Å². The summed E-state index contributed by atoms with van der Waals surface area (Å²) in [5, 5.41) is 4.01. The Hall–Kier alpha value is -1.21. The number of hydrogen-bond donors (Lipinski definition) is 0. The molecule has 528 valence electrons. The van der Waals surface area contributed by atoms with Crippen molar-refractivity contribution in [1.29, 1.82) is 0 Å². The van der Waals surface area contributed by atoms with Crippen molar-refractivity contribution in [3.8, 4) is 0 Å². The maximum Gasteiger partial charge on any atom is 2.00 e. The second-order valence-electron chi connectivity index (χ2n) is 28.6. The van der Waals surface area contributed by atoms with Crippen molar-refractivity contribution in [2.45, 2.75) is 423 Å². The van der Waals surface area contributed by atoms with E-state index in [1.807, 2.05) is 12.1 Å². The third-order valence-electron chi connectivity index (χ3n) is 20.0. The Morgan fingerprint density at radius 1 is 0.237 bits per heavy atom. The van der Waals surface area contributed by atoms with Crippen molar-refractivity contribution < 1.29 is 25.9 Å². The first kappa shape index (κ1) is 87.9. The van der Waals surface area contributed by atoms with Gasteiger partial charge in [-0.15, -0.1) is 0 Å². The molecule has 0 amide bonds. The molecule has 0 aliphatic heterocycles. The molecule has 0 atom stereocenters. The van der Waals surface area contributed by atoms with E-state index in [2.05, 4.69) is 52.0 Å². The Bertz CT molecular complexity index is 2430. The molecule has 9 heteroatoms. The molecule has 4 rings (SSSR count). The van der Waals surface area contributed by atoms with Crippen molar-refractivity contribution in [1.82, 2.24) is 0 Å². The standard InChI is InChI=1S/2C42H72O3S.Ba/c2*1-3-5-7-9-11-13-15-17-19-21-23-25-27-29-31-38-35-39(42-37-41(46(43,44)45)34-33-40(42)36-38)32-30-28-26-24-22-20-18-16-14-12-10-8-6-4-2;/h2*33-37H,3-32H2,1-2H3,(H,43,44,45);/q;;+2/p-2. The van der Waals surface area contributed by atoms with E-state index in [1.54, 1.807) is 12.1 Å². The molecule has 0 aliphatic rings. The maximum atomic E-state index is 11.8. The van der Waals surface area contributed by atoms with Crippen LogP contribution in [0, 0.1) is 0 Å². The fourth-order valence-corrected chi connectivity index (χ4v) is 15.0. The molecule has 0 bridgehead atoms. The number of fused-ring (bicyclic) bond motifs is 2. The Balaban J connectivity index is 0.000000627. The van der Waals surface area contributed by atoms with E-state index in [-0.39, 0.29) is 58.7 Å². The summed E-state index contributed by atoms with van der Waals surface area (Å²) in [4.78, 5) is -0.219. The third-order valence-corrected chi connectivity index (χ3v) is 21.6. The van der Waals surface area contributed by atoms with Gasteiger partial charge < -0.3 is 9.11 Å². The van der Waals surface area contributed by atoms with Gasteiger partial charge in [0, 0.05) is 0 Å². The van der Waals surface area contributed by atoms with Gasteiger partial charge in [-0.2, -0.15) is 0 Å². The van der Waals surface area contributed by atoms with Crippen LogP contribution in [-0.4, -0.2) is 74.8 Å². The first-order valence-electron chi connectivity index (χ1n) is 39.9. The van der Waals surface area contributed by atoms with E-state index in [1.165, 1.54) is 381 Å². The minimum absolute atomic E-state index is 0. The molecular formula is C84H142BaO6S2. The van der Waals surface area contributed by atoms with E-state index in [4.69, 9.17) is 0 Å². The molecule has 4 aromatic carbocycles. The monoisotopic (exact) mass is 1450 g/mol. The van der Waals surface area contributed by atoms with Crippen LogP contribution in [-0.2, 0) is 45.9 Å². The van der Waals surface area contributed by atoms with E-state index in [9.17, 15) is 25.9 Å². The Morgan fingerprint density at radius 2 is 0.419 bits per heavy atom. The molecule has 0 saturated heterocycles. The van der Waals surface area contributed by atoms with Crippen LogP contribution in [0.5, 0.6) is 0 Å². The van der Waals surface area contributed by atoms with Gasteiger partial charge in [0.25, 0.3) is 0 Å². The smallest absolute Gasteiger partial charge is 0.744 e. The van der Waals surface area contributed by atoms with Crippen LogP contribution in [0.15, 0.2) is 70.5 Å². The molecule has 4 aromatic rings. The van der Waals surface area contributed by atoms with Crippen molar-refractivity contribution in [3.63, 3.8) is 0 Å². The van der Waals surface area contributed by atoms with Crippen LogP contribution >= 0.6 is 0 Å². The molecule has 0 aliphatic carbocycles. The zero-order chi connectivity index (χ0) is 66.3. The first-order valence-corrected chi connectivity index (χ1v) is 42.8. The summed E-state index contributed by atoms with van der Waals surface area (Å²) in [7, 11) is -8.92. The van der Waals surface area contributed by atoms with Crippen molar-refractivity contribution in [2.75, 3.05) is 0 Å². The van der Waals surface area contributed by atoms with Crippen molar-refractivity contribution in [3.05, 3.63) is 82.9 Å². The third kappa shape index (κ3) is 46.0. The normalized spacial score (nSPS) is 11.8. The first-order chi connectivity index (χ1) is 44.9. The van der Waals surface area contributed by atoms with Crippen LogP contribution in [0.25, 0.3) is 21.5 Å². The Kier molecular flexibility index (Phi) is 56.4. The molecule has 93 heavy (non-hydrogen) atoms. The average molecular weight is 1450 g/mol. The Morgan fingerprint density at radius 3 is 0.613 bits per heavy atom. The summed E-state index contributed by atoms with van der Waals surface area (Å²) >= 11 is 0. The van der Waals surface area contributed by atoms with E-state index >= 15 is 0 Å². The SMILES string of the molecule is CCCCCCCCCCCCCCCCc1cc(CCCCCCCCCCCCCCCC)c2cc(S(=O)(=O)[O-])ccc2c1.CCCCCCCCCCCCCCCCc1cc(CCCCCCCCCCCCCCCC)c2cc(S(=O)(=O)[O-])ccc2c1.[Ba+2]. The van der Waals surface area contributed by atoms with Gasteiger partial charge in [0.05, 0.1) is 9.79 Å². The van der Waals surface area contributed by atoms with Crippen LogP contribution < -0.4 is 0 Å². The molecule has 0 spiro atoms. The average Bonchev–Trinajstić information content (AvgIpc) is 0.880. The Labute approximate surface area is 616 Å². The summed E-state index contributed by atoms with van der Waals surface area (Å²) in [5.74, 6) is 0. The van der Waals surface area contributed by atoms with Crippen LogP contribution in [0.3, 0.4) is 0 Å². The molecule has 0 aromatic heterocycles. The van der Waals surface area contributed by atoms with Gasteiger partial charge in [0.2, 0.25) is 0 Å². The quantitative estimate of drug-likeness (QED) is 0.0247. The largest absolute Gasteiger partial charge is 2.00 e. The second kappa shape index (κ2) is 59.6. The molecule has 0 saturated carbocycles. The summed E-state index contributed by atoms with van der Waals surface area (Å²) < 4.78 is 70.5. The summed E-state index contributed by atoms with van der Waals surface area (Å²) in [6.45, 7) is 9.13. The molecule has 0 N–H and O–H groups in total. The molecule has 0 radical (unpaired) electrons. The number of benzene rings is 4. The number of aryl methyl sites for hydroxylation is 4. The van der Waals surface area contributed by atoms with Crippen molar-refractivity contribution in [2.24, 2.45) is 0 Å². The maximum absolute atomic E-state index is 11.8. The van der Waals surface area contributed by atoms with Crippen LogP contribution in [0.1, 0.15) is 410 Å². The summed E-state index contributed by atoms with van der Waals surface area (Å²) in [5.41, 5.74) is 5.12. The van der Waals surface area contributed by atoms with Gasteiger partial charge in [-0.05, 0) is 119 Å². The van der Waals surface area contributed by atoms with Gasteiger partial charge >= 0.3 is 48.9 Å². The van der Waals surface area contributed by atoms with Crippen LogP contribution in [0.4, 0.5) is 0 Å². The van der Waals surface area contributed by atoms with E-state index in [0.717, 1.165) is 60.1 Å². The van der Waals surface area contributed by atoms with Gasteiger partial charge in [-0.1, -0.05) is 398 Å². The zero-order valence-electron chi connectivity index (χ0n) is 61.2. The predicted octanol–water partition coefficient (Wildman–Crippen LogP) is 27.2. The number of rotatable bonds is 62. The van der Waals surface area contributed by atoms with Crippen molar-refractivity contribution >= 4 is 90.7 Å². The fourth-order valence-electron chi connectivity index (χ4n) is 14.0. The summed E-state index contributed by atoms with van der Waals surface area (Å²) in [6, 6.07) is 18.9. The minimum Gasteiger partial charge on any atom is -0.744 e. The zero-order valence-corrected chi connectivity index (χ0v) is 67.2. The number of unbranched alkanes of at least 4 members (excludes halogenated alkanes) is 52.